The van der Waals surface area contributed by atoms with Gasteiger partial charge in [0.2, 0.25) is 15.9 Å². The van der Waals surface area contributed by atoms with Crippen molar-refractivity contribution in [3.63, 3.8) is 0 Å². The highest BCUT2D eigenvalue weighted by Gasteiger charge is 2.30. The van der Waals surface area contributed by atoms with Gasteiger partial charge in [0.15, 0.2) is 0 Å². The van der Waals surface area contributed by atoms with E-state index in [0.717, 1.165) is 19.3 Å². The molecule has 0 spiro atoms. The second-order valence-electron chi connectivity index (χ2n) is 6.99. The number of carbonyl (C=O) groups excluding carboxylic acids is 1. The molecule has 2 aliphatic rings. The first kappa shape index (κ1) is 20.1. The van der Waals surface area contributed by atoms with Crippen LogP contribution in [0.2, 0.25) is 0 Å². The number of hydrogen-bond acceptors (Lipinski definition) is 6. The van der Waals surface area contributed by atoms with E-state index < -0.39 is 10.0 Å². The average Bonchev–Trinajstić information content (AvgIpc) is 3.07. The highest BCUT2D eigenvalue weighted by molar-refractivity contribution is 7.89. The van der Waals surface area contributed by atoms with Gasteiger partial charge in [-0.05, 0) is 37.0 Å². The van der Waals surface area contributed by atoms with Crippen LogP contribution in [0.3, 0.4) is 0 Å². The lowest BCUT2D eigenvalue weighted by Gasteiger charge is -2.27. The van der Waals surface area contributed by atoms with E-state index in [9.17, 15) is 13.2 Å². The number of sulfonamides is 1. The van der Waals surface area contributed by atoms with Gasteiger partial charge in [-0.2, -0.15) is 4.31 Å². The Hall–Kier alpha value is -1.68. The van der Waals surface area contributed by atoms with E-state index >= 15 is 0 Å². The molecule has 1 saturated heterocycles. The maximum atomic E-state index is 13.0. The minimum atomic E-state index is -3.74. The summed E-state index contributed by atoms with van der Waals surface area (Å²) in [6, 6.07) is 4.72. The number of nitrogens with one attached hydrogen (secondary N) is 1. The predicted octanol–water partition coefficient (Wildman–Crippen LogP) is 1.17. The smallest absolute Gasteiger partial charge is 0.246 e. The molecule has 27 heavy (non-hydrogen) atoms. The van der Waals surface area contributed by atoms with Gasteiger partial charge in [-0.25, -0.2) is 8.42 Å². The molecule has 1 amide bonds. The molecular weight excluding hydrogens is 370 g/mol. The Morgan fingerprint density at radius 2 is 2.07 bits per heavy atom. The quantitative estimate of drug-likeness (QED) is 0.745. The summed E-state index contributed by atoms with van der Waals surface area (Å²) in [7, 11) is -2.31. The van der Waals surface area contributed by atoms with Crippen LogP contribution in [0.15, 0.2) is 23.1 Å². The third-order valence-electron chi connectivity index (χ3n) is 5.20. The summed E-state index contributed by atoms with van der Waals surface area (Å²) in [5.41, 5.74) is 6.46. The van der Waals surface area contributed by atoms with Gasteiger partial charge in [-0.15, -0.1) is 0 Å². The summed E-state index contributed by atoms with van der Waals surface area (Å²) in [5.74, 6) is 0.273. The Morgan fingerprint density at radius 1 is 1.33 bits per heavy atom. The molecule has 1 aliphatic carbocycles. The highest BCUT2D eigenvalue weighted by Crippen LogP contribution is 2.31. The molecule has 0 bridgehead atoms. The predicted molar refractivity (Wildman–Crippen MR) is 101 cm³/mol. The van der Waals surface area contributed by atoms with Crippen molar-refractivity contribution in [3.05, 3.63) is 18.2 Å². The fraction of sp³-hybridized carbons (Fsp3) is 0.611. The summed E-state index contributed by atoms with van der Waals surface area (Å²) >= 11 is 0. The maximum Gasteiger partial charge on any atom is 0.246 e. The Morgan fingerprint density at radius 3 is 2.70 bits per heavy atom. The number of amides is 1. The number of hydrogen-bond donors (Lipinski definition) is 2. The van der Waals surface area contributed by atoms with Crippen molar-refractivity contribution in [2.24, 2.45) is 11.7 Å². The summed E-state index contributed by atoms with van der Waals surface area (Å²) in [5, 5.41) is 2.80. The summed E-state index contributed by atoms with van der Waals surface area (Å²) in [6.07, 6.45) is 3.29. The van der Waals surface area contributed by atoms with Crippen LogP contribution in [-0.2, 0) is 19.6 Å². The van der Waals surface area contributed by atoms with Gasteiger partial charge in [0.25, 0.3) is 0 Å². The lowest BCUT2D eigenvalue weighted by molar-refractivity contribution is -0.117. The van der Waals surface area contributed by atoms with E-state index in [4.69, 9.17) is 15.2 Å². The SMILES string of the molecule is COc1ccc(NC(=O)C[C@@H]2CCC[C@H]2N)cc1S(=O)(=O)N1CCOCC1. The van der Waals surface area contributed by atoms with Crippen molar-refractivity contribution in [1.29, 1.82) is 0 Å². The van der Waals surface area contributed by atoms with Gasteiger partial charge in [-0.1, -0.05) is 6.42 Å². The van der Waals surface area contributed by atoms with Crippen LogP contribution in [0, 0.1) is 5.92 Å². The standard InChI is InChI=1S/C18H27N3O5S/c1-25-16-6-5-14(20-18(22)11-13-3-2-4-15(13)19)12-17(16)27(23,24)21-7-9-26-10-8-21/h5-6,12-13,15H,2-4,7-11,19H2,1H3,(H,20,22)/t13-,15+/m0/s1. The minimum absolute atomic E-state index is 0.0438. The first-order chi connectivity index (χ1) is 12.9. The van der Waals surface area contributed by atoms with Gasteiger partial charge in [0.1, 0.15) is 10.6 Å². The zero-order valence-electron chi connectivity index (χ0n) is 15.5. The number of benzene rings is 1. The molecule has 2 atom stereocenters. The van der Waals surface area contributed by atoms with Gasteiger partial charge < -0.3 is 20.5 Å². The monoisotopic (exact) mass is 397 g/mol. The third-order valence-corrected chi connectivity index (χ3v) is 7.12. The molecule has 9 heteroatoms. The van der Waals surface area contributed by atoms with Crippen LogP contribution >= 0.6 is 0 Å². The summed E-state index contributed by atoms with van der Waals surface area (Å²) in [4.78, 5) is 12.4. The molecular formula is C18H27N3O5S. The number of ether oxygens (including phenoxy) is 2. The summed E-state index contributed by atoms with van der Waals surface area (Å²) in [6.45, 7) is 1.31. The van der Waals surface area contributed by atoms with Crippen molar-refractivity contribution in [3.8, 4) is 5.75 Å². The minimum Gasteiger partial charge on any atom is -0.495 e. The zero-order valence-corrected chi connectivity index (χ0v) is 16.3. The molecule has 1 saturated carbocycles. The van der Waals surface area contributed by atoms with Gasteiger partial charge in [0, 0.05) is 31.2 Å². The molecule has 1 aromatic carbocycles. The Bertz CT molecular complexity index is 777. The van der Waals surface area contributed by atoms with E-state index in [2.05, 4.69) is 5.32 Å². The maximum absolute atomic E-state index is 13.0. The van der Waals surface area contributed by atoms with Gasteiger partial charge in [-0.3, -0.25) is 4.79 Å². The van der Waals surface area contributed by atoms with Gasteiger partial charge >= 0.3 is 0 Å². The van der Waals surface area contributed by atoms with Crippen LogP contribution < -0.4 is 15.8 Å². The number of anilines is 1. The molecule has 1 heterocycles. The normalized spacial score (nSPS) is 23.9. The number of morpholine rings is 1. The molecule has 2 fully saturated rings. The number of methoxy groups -OCH3 is 1. The molecule has 3 rings (SSSR count). The third kappa shape index (κ3) is 4.60. The first-order valence-electron chi connectivity index (χ1n) is 9.23. The molecule has 0 aromatic heterocycles. The van der Waals surface area contributed by atoms with E-state index in [1.807, 2.05) is 0 Å². The fourth-order valence-corrected chi connectivity index (χ4v) is 5.24. The van der Waals surface area contributed by atoms with Crippen molar-refractivity contribution in [2.75, 3.05) is 38.7 Å². The first-order valence-corrected chi connectivity index (χ1v) is 10.7. The molecule has 8 nitrogen and oxygen atoms in total. The van der Waals surface area contributed by atoms with E-state index in [1.165, 1.54) is 17.5 Å². The second kappa shape index (κ2) is 8.55. The van der Waals surface area contributed by atoms with Crippen molar-refractivity contribution < 1.29 is 22.7 Å². The Kier molecular flexibility index (Phi) is 6.36. The number of rotatable bonds is 6. The van der Waals surface area contributed by atoms with Crippen LogP contribution in [0.25, 0.3) is 0 Å². The zero-order chi connectivity index (χ0) is 19.4. The van der Waals surface area contributed by atoms with Crippen molar-refractivity contribution in [2.45, 2.75) is 36.6 Å². The molecule has 1 aliphatic heterocycles. The molecule has 1 aromatic rings. The van der Waals surface area contributed by atoms with Crippen LogP contribution in [0.1, 0.15) is 25.7 Å². The lowest BCUT2D eigenvalue weighted by Crippen LogP contribution is -2.40. The Labute approximate surface area is 160 Å². The van der Waals surface area contributed by atoms with E-state index in [0.29, 0.717) is 38.4 Å². The summed E-state index contributed by atoms with van der Waals surface area (Å²) < 4.78 is 37.8. The topological polar surface area (TPSA) is 111 Å². The molecule has 150 valence electrons. The number of nitrogens with two attached hydrogens (primary N) is 1. The fourth-order valence-electron chi connectivity index (χ4n) is 3.65. The number of nitrogens with zero attached hydrogens (tertiary/aromatic N) is 1. The average molecular weight is 397 g/mol. The molecule has 0 radical (unpaired) electrons. The largest absolute Gasteiger partial charge is 0.495 e. The van der Waals surface area contributed by atoms with Crippen LogP contribution in [-0.4, -0.2) is 58.1 Å². The number of carbonyl (C=O) groups is 1. The highest BCUT2D eigenvalue weighted by atomic mass is 32.2. The lowest BCUT2D eigenvalue weighted by atomic mass is 10.00. The van der Waals surface area contributed by atoms with E-state index in [-0.39, 0.29) is 28.5 Å². The Balaban J connectivity index is 1.77. The van der Waals surface area contributed by atoms with Crippen molar-refractivity contribution in [1.82, 2.24) is 4.31 Å². The molecule has 3 N–H and O–H groups in total. The van der Waals surface area contributed by atoms with Crippen LogP contribution in [0.4, 0.5) is 5.69 Å². The molecule has 0 unspecified atom stereocenters. The van der Waals surface area contributed by atoms with Gasteiger partial charge in [0.05, 0.1) is 20.3 Å². The second-order valence-corrected chi connectivity index (χ2v) is 8.90. The van der Waals surface area contributed by atoms with Crippen LogP contribution in [0.5, 0.6) is 5.75 Å². The van der Waals surface area contributed by atoms with E-state index in [1.54, 1.807) is 12.1 Å². The van der Waals surface area contributed by atoms with Crippen molar-refractivity contribution >= 4 is 21.6 Å².